The van der Waals surface area contributed by atoms with Gasteiger partial charge in [0.15, 0.2) is 0 Å². The van der Waals surface area contributed by atoms with Gasteiger partial charge in [0.2, 0.25) is 0 Å². The third-order valence-corrected chi connectivity index (χ3v) is 3.12. The molecule has 0 radical (unpaired) electrons. The molecule has 1 N–H and O–H groups in total. The zero-order chi connectivity index (χ0) is 14.0. The fourth-order valence-corrected chi connectivity index (χ4v) is 2.13. The highest BCUT2D eigenvalue weighted by Crippen LogP contribution is 2.39. The third-order valence-electron chi connectivity index (χ3n) is 3.12. The van der Waals surface area contributed by atoms with E-state index in [0.29, 0.717) is 0 Å². The number of esters is 1. The molecule has 0 spiro atoms. The van der Waals surface area contributed by atoms with Crippen molar-refractivity contribution in [3.05, 3.63) is 0 Å². The molecule has 0 aromatic carbocycles. The fraction of sp³-hybridized carbons (Fsp3) is 0.769. The van der Waals surface area contributed by atoms with E-state index in [0.717, 1.165) is 0 Å². The number of rotatable bonds is 3. The molecule has 0 saturated heterocycles. The molecule has 0 aliphatic heterocycles. The summed E-state index contributed by atoms with van der Waals surface area (Å²) in [5.74, 6) is -1.46. The number of Topliss-reactive ketones (excluding diaryl/α,β-unsaturated/α-hetero) is 1. The normalized spacial score (nSPS) is 19.4. The van der Waals surface area contributed by atoms with Crippen LogP contribution in [0, 0.1) is 5.41 Å². The number of carbonyl (C=O) groups is 3. The molecule has 18 heavy (non-hydrogen) atoms. The Hall–Kier alpha value is -1.39. The summed E-state index contributed by atoms with van der Waals surface area (Å²) in [7, 11) is 0. The first-order chi connectivity index (χ1) is 8.15. The number of carbonyl (C=O) groups excluding carboxylic acids is 2. The summed E-state index contributed by atoms with van der Waals surface area (Å²) in [5.41, 5.74) is -1.75. The zero-order valence-electron chi connectivity index (χ0n) is 11.1. The maximum atomic E-state index is 11.7. The molecule has 1 saturated carbocycles. The smallest absolute Gasteiger partial charge is 0.310 e. The number of ether oxygens (including phenoxy) is 1. The molecule has 1 fully saturated rings. The monoisotopic (exact) mass is 256 g/mol. The standard InChI is InChI=1S/C13H20O5/c1-12(2,3)18-10(15)8-13(11(16)17)6-4-9(14)5-7-13/h4-8H2,1-3H3,(H,16,17). The lowest BCUT2D eigenvalue weighted by Gasteiger charge is -2.32. The fourth-order valence-electron chi connectivity index (χ4n) is 2.13. The Bertz CT molecular complexity index is 354. The molecule has 0 aromatic rings. The molecular weight excluding hydrogens is 236 g/mol. The average Bonchev–Trinajstić information content (AvgIpc) is 2.18. The van der Waals surface area contributed by atoms with E-state index in [1.54, 1.807) is 20.8 Å². The van der Waals surface area contributed by atoms with Gasteiger partial charge in [-0.15, -0.1) is 0 Å². The summed E-state index contributed by atoms with van der Waals surface area (Å²) in [4.78, 5) is 34.3. The molecule has 0 aromatic heterocycles. The largest absolute Gasteiger partial charge is 0.481 e. The van der Waals surface area contributed by atoms with Crippen molar-refractivity contribution in [2.75, 3.05) is 0 Å². The van der Waals surface area contributed by atoms with Gasteiger partial charge >= 0.3 is 11.9 Å². The minimum atomic E-state index is -1.13. The van der Waals surface area contributed by atoms with Crippen LogP contribution in [0.1, 0.15) is 52.9 Å². The molecule has 0 bridgehead atoms. The van der Waals surface area contributed by atoms with E-state index in [4.69, 9.17) is 4.74 Å². The van der Waals surface area contributed by atoms with Crippen molar-refractivity contribution < 1.29 is 24.2 Å². The number of carboxylic acid groups (broad SMARTS) is 1. The summed E-state index contributed by atoms with van der Waals surface area (Å²) >= 11 is 0. The quantitative estimate of drug-likeness (QED) is 0.780. The van der Waals surface area contributed by atoms with Gasteiger partial charge in [-0.25, -0.2) is 0 Å². The van der Waals surface area contributed by atoms with Gasteiger partial charge in [-0.3, -0.25) is 14.4 Å². The predicted octanol–water partition coefficient (Wildman–Crippen LogP) is 1.93. The van der Waals surface area contributed by atoms with Crippen LogP contribution in [-0.4, -0.2) is 28.4 Å². The van der Waals surface area contributed by atoms with Crippen LogP contribution in [0.15, 0.2) is 0 Å². The van der Waals surface area contributed by atoms with Crippen LogP contribution in [0.5, 0.6) is 0 Å². The number of hydrogen-bond donors (Lipinski definition) is 1. The Morgan fingerprint density at radius 2 is 1.78 bits per heavy atom. The molecule has 0 heterocycles. The van der Waals surface area contributed by atoms with Gasteiger partial charge < -0.3 is 9.84 Å². The molecule has 5 heteroatoms. The first-order valence-electron chi connectivity index (χ1n) is 6.12. The minimum absolute atomic E-state index is 0.0658. The highest BCUT2D eigenvalue weighted by Gasteiger charge is 2.44. The first kappa shape index (κ1) is 14.7. The maximum absolute atomic E-state index is 11.7. The van der Waals surface area contributed by atoms with E-state index in [9.17, 15) is 19.5 Å². The van der Waals surface area contributed by atoms with Crippen molar-refractivity contribution in [2.24, 2.45) is 5.41 Å². The first-order valence-corrected chi connectivity index (χ1v) is 6.12. The van der Waals surface area contributed by atoms with Gasteiger partial charge in [0, 0.05) is 12.8 Å². The minimum Gasteiger partial charge on any atom is -0.481 e. The van der Waals surface area contributed by atoms with E-state index in [-0.39, 0.29) is 37.9 Å². The topological polar surface area (TPSA) is 80.7 Å². The zero-order valence-corrected chi connectivity index (χ0v) is 11.1. The number of hydrogen-bond acceptors (Lipinski definition) is 4. The van der Waals surface area contributed by atoms with E-state index in [2.05, 4.69) is 0 Å². The van der Waals surface area contributed by atoms with Crippen LogP contribution in [0.2, 0.25) is 0 Å². The van der Waals surface area contributed by atoms with E-state index in [1.807, 2.05) is 0 Å². The number of aliphatic carboxylic acids is 1. The summed E-state index contributed by atoms with van der Waals surface area (Å²) < 4.78 is 5.16. The molecule has 102 valence electrons. The Balaban J connectivity index is 2.72. The highest BCUT2D eigenvalue weighted by molar-refractivity contribution is 5.87. The second-order valence-corrected chi connectivity index (χ2v) is 5.89. The Kier molecular flexibility index (Phi) is 4.14. The van der Waals surface area contributed by atoms with Crippen molar-refractivity contribution >= 4 is 17.7 Å². The van der Waals surface area contributed by atoms with Crippen molar-refractivity contribution in [1.82, 2.24) is 0 Å². The third kappa shape index (κ3) is 3.82. The van der Waals surface area contributed by atoms with Gasteiger partial charge in [0.05, 0.1) is 11.8 Å². The van der Waals surface area contributed by atoms with Gasteiger partial charge in [0.25, 0.3) is 0 Å². The second kappa shape index (κ2) is 5.08. The SMILES string of the molecule is CC(C)(C)OC(=O)CC1(C(=O)O)CCC(=O)CC1. The molecule has 5 nitrogen and oxygen atoms in total. The van der Waals surface area contributed by atoms with Crippen molar-refractivity contribution in [3.8, 4) is 0 Å². The predicted molar refractivity (Wildman–Crippen MR) is 64.0 cm³/mol. The molecule has 1 aliphatic carbocycles. The molecule has 0 amide bonds. The van der Waals surface area contributed by atoms with Crippen LogP contribution < -0.4 is 0 Å². The molecule has 0 atom stereocenters. The summed E-state index contributed by atoms with van der Waals surface area (Å²) in [6, 6.07) is 0. The molecule has 0 unspecified atom stereocenters. The van der Waals surface area contributed by atoms with Gasteiger partial charge in [-0.2, -0.15) is 0 Å². The van der Waals surface area contributed by atoms with Crippen LogP contribution in [0.3, 0.4) is 0 Å². The van der Waals surface area contributed by atoms with Gasteiger partial charge in [0.1, 0.15) is 11.4 Å². The molecular formula is C13H20O5. The van der Waals surface area contributed by atoms with Crippen molar-refractivity contribution in [1.29, 1.82) is 0 Å². The lowest BCUT2D eigenvalue weighted by Crippen LogP contribution is -2.39. The Labute approximate surface area is 107 Å². The van der Waals surface area contributed by atoms with E-state index >= 15 is 0 Å². The van der Waals surface area contributed by atoms with Gasteiger partial charge in [-0.05, 0) is 33.6 Å². The van der Waals surface area contributed by atoms with Gasteiger partial charge in [-0.1, -0.05) is 0 Å². The van der Waals surface area contributed by atoms with Crippen LogP contribution >= 0.6 is 0 Å². The average molecular weight is 256 g/mol. The number of ketones is 1. The van der Waals surface area contributed by atoms with Crippen LogP contribution in [0.4, 0.5) is 0 Å². The summed E-state index contributed by atoms with van der Waals surface area (Å²) in [6.07, 6.45) is 0.748. The van der Waals surface area contributed by atoms with Crippen molar-refractivity contribution in [2.45, 2.75) is 58.5 Å². The lowest BCUT2D eigenvalue weighted by molar-refractivity contribution is -0.167. The molecule has 1 aliphatic rings. The van der Waals surface area contributed by atoms with Crippen molar-refractivity contribution in [3.63, 3.8) is 0 Å². The Morgan fingerprint density at radius 1 is 1.28 bits per heavy atom. The second-order valence-electron chi connectivity index (χ2n) is 5.89. The maximum Gasteiger partial charge on any atom is 0.310 e. The summed E-state index contributed by atoms with van der Waals surface area (Å²) in [5, 5.41) is 9.30. The molecule has 1 rings (SSSR count). The van der Waals surface area contributed by atoms with E-state index < -0.39 is 23.0 Å². The summed E-state index contributed by atoms with van der Waals surface area (Å²) in [6.45, 7) is 5.22. The van der Waals surface area contributed by atoms with Crippen LogP contribution in [-0.2, 0) is 19.1 Å². The lowest BCUT2D eigenvalue weighted by atomic mass is 9.71. The number of carboxylic acids is 1. The Morgan fingerprint density at radius 3 is 2.17 bits per heavy atom. The van der Waals surface area contributed by atoms with Crippen LogP contribution in [0.25, 0.3) is 0 Å². The van der Waals surface area contributed by atoms with E-state index in [1.165, 1.54) is 0 Å². The highest BCUT2D eigenvalue weighted by atomic mass is 16.6.